The zero-order valence-electron chi connectivity index (χ0n) is 15.6. The first-order chi connectivity index (χ1) is 12.9. The van der Waals surface area contributed by atoms with Crippen molar-refractivity contribution < 1.29 is 13.2 Å². The smallest absolute Gasteiger partial charge is 0.242 e. The minimum Gasteiger partial charge on any atom is -0.370 e. The Kier molecular flexibility index (Phi) is 7.99. The Bertz CT molecular complexity index is 738. The van der Waals surface area contributed by atoms with Gasteiger partial charge in [0.05, 0.1) is 6.54 Å². The molecule has 9 nitrogen and oxygen atoms in total. The number of carbonyl (C=O) groups excluding carboxylic acids is 1. The lowest BCUT2D eigenvalue weighted by molar-refractivity contribution is -0.119. The molecular weight excluding hydrogens is 368 g/mol. The highest BCUT2D eigenvalue weighted by Gasteiger charge is 2.23. The van der Waals surface area contributed by atoms with Crippen molar-refractivity contribution in [3.05, 3.63) is 24.5 Å². The quantitative estimate of drug-likeness (QED) is 0.320. The fourth-order valence-electron chi connectivity index (χ4n) is 3.07. The van der Waals surface area contributed by atoms with Gasteiger partial charge in [-0.1, -0.05) is 0 Å². The lowest BCUT2D eigenvalue weighted by atomic mass is 9.95. The topological polar surface area (TPSA) is 130 Å². The van der Waals surface area contributed by atoms with Crippen molar-refractivity contribution in [3.63, 3.8) is 0 Å². The van der Waals surface area contributed by atoms with Crippen LogP contribution < -0.4 is 15.8 Å². The third-order valence-corrected chi connectivity index (χ3v) is 5.70. The third kappa shape index (κ3) is 6.79. The van der Waals surface area contributed by atoms with Crippen molar-refractivity contribution in [2.45, 2.75) is 31.1 Å². The Morgan fingerprint density at radius 1 is 1.48 bits per heavy atom. The predicted molar refractivity (Wildman–Crippen MR) is 104 cm³/mol. The van der Waals surface area contributed by atoms with Gasteiger partial charge in [0.1, 0.15) is 4.90 Å². The maximum atomic E-state index is 12.2. The molecule has 0 aromatic carbocycles. The molecule has 0 spiro atoms. The number of amides is 1. The van der Waals surface area contributed by atoms with Crippen molar-refractivity contribution in [1.29, 1.82) is 0 Å². The summed E-state index contributed by atoms with van der Waals surface area (Å²) in [7, 11) is -3.58. The standard InChI is InChI=1S/C17H28N6O3S/c1-2-20-17(23-10-4-5-14(13-23)11-16(18)24)21-8-9-22-27(25,26)15-6-3-7-19-12-15/h3,6-7,12,14,22H,2,4-5,8-11,13H2,1H3,(H2,18,24)(H,20,21). The van der Waals surface area contributed by atoms with Gasteiger partial charge in [-0.2, -0.15) is 0 Å². The lowest BCUT2D eigenvalue weighted by Crippen LogP contribution is -2.47. The third-order valence-electron chi connectivity index (χ3n) is 4.25. The molecular formula is C17H28N6O3S. The number of pyridine rings is 1. The average Bonchev–Trinajstić information content (AvgIpc) is 2.64. The fraction of sp³-hybridized carbons (Fsp3) is 0.588. The summed E-state index contributed by atoms with van der Waals surface area (Å²) < 4.78 is 26.9. The van der Waals surface area contributed by atoms with E-state index >= 15 is 0 Å². The Morgan fingerprint density at radius 2 is 2.30 bits per heavy atom. The second kappa shape index (κ2) is 10.2. The van der Waals surface area contributed by atoms with E-state index in [4.69, 9.17) is 5.73 Å². The van der Waals surface area contributed by atoms with Gasteiger partial charge >= 0.3 is 0 Å². The Balaban J connectivity index is 1.92. The summed E-state index contributed by atoms with van der Waals surface area (Å²) in [6.07, 6.45) is 5.15. The normalized spacial score (nSPS) is 18.3. The number of guanidine groups is 1. The number of aromatic nitrogens is 1. The molecule has 0 bridgehead atoms. The number of aliphatic imine (C=N–C) groups is 1. The molecule has 0 aliphatic carbocycles. The Labute approximate surface area is 160 Å². The van der Waals surface area contributed by atoms with Crippen LogP contribution in [0.1, 0.15) is 26.2 Å². The number of likely N-dealkylation sites (tertiary alicyclic amines) is 1. The number of hydrogen-bond acceptors (Lipinski definition) is 5. The summed E-state index contributed by atoms with van der Waals surface area (Å²) >= 11 is 0. The minimum atomic E-state index is -3.58. The van der Waals surface area contributed by atoms with Crippen molar-refractivity contribution in [3.8, 4) is 0 Å². The maximum absolute atomic E-state index is 12.2. The second-order valence-electron chi connectivity index (χ2n) is 6.45. The average molecular weight is 397 g/mol. The number of hydrogen-bond donors (Lipinski definition) is 3. The van der Waals surface area contributed by atoms with Crippen molar-refractivity contribution in [2.75, 3.05) is 32.7 Å². The van der Waals surface area contributed by atoms with E-state index in [2.05, 4.69) is 24.9 Å². The summed E-state index contributed by atoms with van der Waals surface area (Å²) in [5, 5.41) is 3.23. The minimum absolute atomic E-state index is 0.131. The summed E-state index contributed by atoms with van der Waals surface area (Å²) in [6.45, 7) is 4.74. The molecule has 1 aromatic rings. The van der Waals surface area contributed by atoms with E-state index in [1.54, 1.807) is 6.07 Å². The van der Waals surface area contributed by atoms with E-state index < -0.39 is 10.0 Å². The van der Waals surface area contributed by atoms with Crippen molar-refractivity contribution in [2.24, 2.45) is 16.6 Å². The first-order valence-corrected chi connectivity index (χ1v) is 10.6. The van der Waals surface area contributed by atoms with Gasteiger partial charge in [-0.3, -0.25) is 14.8 Å². The van der Waals surface area contributed by atoms with Crippen LogP contribution in [0.3, 0.4) is 0 Å². The summed E-state index contributed by atoms with van der Waals surface area (Å²) in [5.74, 6) is 0.671. The molecule has 150 valence electrons. The van der Waals surface area contributed by atoms with Gasteiger partial charge in [-0.15, -0.1) is 0 Å². The fourth-order valence-corrected chi connectivity index (χ4v) is 4.05. The van der Waals surface area contributed by atoms with Crippen LogP contribution in [0.15, 0.2) is 34.4 Å². The number of carbonyl (C=O) groups is 1. The molecule has 2 heterocycles. The first kappa shape index (κ1) is 21.1. The van der Waals surface area contributed by atoms with E-state index in [9.17, 15) is 13.2 Å². The number of rotatable bonds is 8. The van der Waals surface area contributed by atoms with Crippen LogP contribution in [0.5, 0.6) is 0 Å². The SMILES string of the molecule is CCNC(=NCCNS(=O)(=O)c1cccnc1)N1CCCC(CC(N)=O)C1. The number of nitrogens with one attached hydrogen (secondary N) is 2. The second-order valence-corrected chi connectivity index (χ2v) is 8.21. The molecule has 1 unspecified atom stereocenters. The van der Waals surface area contributed by atoms with E-state index in [1.807, 2.05) is 6.92 Å². The molecule has 10 heteroatoms. The maximum Gasteiger partial charge on any atom is 0.242 e. The summed E-state index contributed by atoms with van der Waals surface area (Å²) in [5.41, 5.74) is 5.32. The molecule has 1 aliphatic rings. The van der Waals surface area contributed by atoms with E-state index in [-0.39, 0.29) is 23.3 Å². The number of nitrogens with zero attached hydrogens (tertiary/aromatic N) is 3. The predicted octanol–water partition coefficient (Wildman–Crippen LogP) is -0.0872. The Morgan fingerprint density at radius 3 is 2.96 bits per heavy atom. The van der Waals surface area contributed by atoms with Crippen LogP contribution in [-0.2, 0) is 14.8 Å². The van der Waals surface area contributed by atoms with Gasteiger partial charge in [0.2, 0.25) is 15.9 Å². The van der Waals surface area contributed by atoms with Gasteiger partial charge in [-0.05, 0) is 37.8 Å². The highest BCUT2D eigenvalue weighted by Crippen LogP contribution is 2.19. The molecule has 27 heavy (non-hydrogen) atoms. The molecule has 1 aliphatic heterocycles. The highest BCUT2D eigenvalue weighted by molar-refractivity contribution is 7.89. The molecule has 1 atom stereocenters. The zero-order valence-corrected chi connectivity index (χ0v) is 16.4. The van der Waals surface area contributed by atoms with Crippen LogP contribution >= 0.6 is 0 Å². The van der Waals surface area contributed by atoms with Crippen LogP contribution in [0.2, 0.25) is 0 Å². The molecule has 1 saturated heterocycles. The number of sulfonamides is 1. The molecule has 1 amide bonds. The van der Waals surface area contributed by atoms with Crippen LogP contribution in [-0.4, -0.2) is 62.9 Å². The van der Waals surface area contributed by atoms with Crippen molar-refractivity contribution >= 4 is 21.9 Å². The van der Waals surface area contributed by atoms with E-state index in [0.29, 0.717) is 19.5 Å². The lowest BCUT2D eigenvalue weighted by Gasteiger charge is -2.34. The van der Waals surface area contributed by atoms with Crippen LogP contribution in [0.25, 0.3) is 0 Å². The summed E-state index contributed by atoms with van der Waals surface area (Å²) in [4.78, 5) is 21.8. The molecule has 4 N–H and O–H groups in total. The molecule has 0 radical (unpaired) electrons. The van der Waals surface area contributed by atoms with Crippen LogP contribution in [0, 0.1) is 5.92 Å². The zero-order chi connectivity index (χ0) is 19.7. The van der Waals surface area contributed by atoms with Crippen molar-refractivity contribution in [1.82, 2.24) is 19.9 Å². The van der Waals surface area contributed by atoms with Gasteiger partial charge in [0.15, 0.2) is 5.96 Å². The first-order valence-electron chi connectivity index (χ1n) is 9.13. The largest absolute Gasteiger partial charge is 0.370 e. The Hall–Kier alpha value is -2.20. The highest BCUT2D eigenvalue weighted by atomic mass is 32.2. The summed E-state index contributed by atoms with van der Waals surface area (Å²) in [6, 6.07) is 3.07. The van der Waals surface area contributed by atoms with Crippen LogP contribution in [0.4, 0.5) is 0 Å². The van der Waals surface area contributed by atoms with Gasteiger partial charge in [0.25, 0.3) is 0 Å². The van der Waals surface area contributed by atoms with Gasteiger partial charge in [0, 0.05) is 45.0 Å². The molecule has 1 aromatic heterocycles. The van der Waals surface area contributed by atoms with Gasteiger partial charge < -0.3 is 16.0 Å². The number of primary amides is 1. The molecule has 2 rings (SSSR count). The molecule has 1 fully saturated rings. The molecule has 0 saturated carbocycles. The van der Waals surface area contributed by atoms with Gasteiger partial charge in [-0.25, -0.2) is 13.1 Å². The number of piperidine rings is 1. The monoisotopic (exact) mass is 396 g/mol. The number of nitrogens with two attached hydrogens (primary N) is 1. The van der Waals surface area contributed by atoms with E-state index in [0.717, 1.165) is 31.9 Å². The van der Waals surface area contributed by atoms with E-state index in [1.165, 1.54) is 18.5 Å².